The van der Waals surface area contributed by atoms with Gasteiger partial charge in [0.2, 0.25) is 5.91 Å². The molecule has 0 aliphatic heterocycles. The first-order chi connectivity index (χ1) is 10.0. The van der Waals surface area contributed by atoms with Crippen LogP contribution in [0.25, 0.3) is 0 Å². The molecule has 0 atom stereocenters. The van der Waals surface area contributed by atoms with Gasteiger partial charge in [-0.05, 0) is 29.8 Å². The zero-order chi connectivity index (χ0) is 15.4. The number of methoxy groups -OCH3 is 1. The van der Waals surface area contributed by atoms with E-state index in [1.807, 2.05) is 0 Å². The normalized spacial score (nSPS) is 10.3. The van der Waals surface area contributed by atoms with Crippen molar-refractivity contribution in [2.45, 2.75) is 6.42 Å². The number of halogens is 3. The quantitative estimate of drug-likeness (QED) is 0.908. The van der Waals surface area contributed by atoms with Crippen LogP contribution in [0.3, 0.4) is 0 Å². The Morgan fingerprint density at radius 1 is 1.29 bits per heavy atom. The maximum absolute atomic E-state index is 13.5. The van der Waals surface area contributed by atoms with Crippen LogP contribution in [0.2, 0.25) is 10.0 Å². The summed E-state index contributed by atoms with van der Waals surface area (Å²) in [6.45, 7) is 0. The zero-order valence-corrected chi connectivity index (χ0v) is 12.6. The molecule has 0 radical (unpaired) electrons. The molecule has 2 aromatic carbocycles. The summed E-state index contributed by atoms with van der Waals surface area (Å²) in [6, 6.07) is 9.30. The lowest BCUT2D eigenvalue weighted by Gasteiger charge is -2.09. The largest absolute Gasteiger partial charge is 0.494 e. The number of nitrogens with one attached hydrogen (secondary N) is 1. The van der Waals surface area contributed by atoms with Gasteiger partial charge in [-0.25, -0.2) is 4.39 Å². The lowest BCUT2D eigenvalue weighted by atomic mass is 10.1. The van der Waals surface area contributed by atoms with Crippen molar-refractivity contribution in [2.75, 3.05) is 12.4 Å². The molecule has 3 nitrogen and oxygen atoms in total. The van der Waals surface area contributed by atoms with E-state index in [1.54, 1.807) is 24.3 Å². The van der Waals surface area contributed by atoms with Crippen molar-refractivity contribution >= 4 is 34.8 Å². The van der Waals surface area contributed by atoms with E-state index in [4.69, 9.17) is 27.9 Å². The van der Waals surface area contributed by atoms with Crippen molar-refractivity contribution in [1.82, 2.24) is 0 Å². The predicted molar refractivity (Wildman–Crippen MR) is 81.7 cm³/mol. The van der Waals surface area contributed by atoms with Crippen LogP contribution in [0.15, 0.2) is 36.4 Å². The van der Waals surface area contributed by atoms with E-state index < -0.39 is 5.82 Å². The predicted octanol–water partition coefficient (Wildman–Crippen LogP) is 4.32. The van der Waals surface area contributed by atoms with Gasteiger partial charge >= 0.3 is 0 Å². The molecule has 0 aliphatic carbocycles. The minimum absolute atomic E-state index is 0.0176. The highest BCUT2D eigenvalue weighted by atomic mass is 35.5. The Bertz CT molecular complexity index is 677. The number of rotatable bonds is 4. The number of hydrogen-bond donors (Lipinski definition) is 1. The SMILES string of the molecule is COc1ccc(CC(=O)Nc2cccc(Cl)c2Cl)cc1F. The van der Waals surface area contributed by atoms with E-state index >= 15 is 0 Å². The number of carbonyl (C=O) groups excluding carboxylic acids is 1. The molecule has 0 heterocycles. The molecule has 0 spiro atoms. The average Bonchev–Trinajstić information content (AvgIpc) is 2.44. The Hall–Kier alpha value is -1.78. The summed E-state index contributed by atoms with van der Waals surface area (Å²) in [7, 11) is 1.38. The lowest BCUT2D eigenvalue weighted by molar-refractivity contribution is -0.115. The maximum Gasteiger partial charge on any atom is 0.228 e. The molecule has 0 aromatic heterocycles. The summed E-state index contributed by atoms with van der Waals surface area (Å²) in [5.41, 5.74) is 0.951. The topological polar surface area (TPSA) is 38.3 Å². The van der Waals surface area contributed by atoms with Crippen molar-refractivity contribution in [3.8, 4) is 5.75 Å². The van der Waals surface area contributed by atoms with Gasteiger partial charge in [-0.1, -0.05) is 35.3 Å². The number of amides is 1. The molecule has 2 aromatic rings. The lowest BCUT2D eigenvalue weighted by Crippen LogP contribution is -2.14. The average molecular weight is 328 g/mol. The molecule has 0 bridgehead atoms. The van der Waals surface area contributed by atoms with Gasteiger partial charge in [0.25, 0.3) is 0 Å². The Kier molecular flexibility index (Phi) is 5.04. The Morgan fingerprint density at radius 3 is 2.71 bits per heavy atom. The fourth-order valence-electron chi connectivity index (χ4n) is 1.80. The van der Waals surface area contributed by atoms with Gasteiger partial charge in [-0.2, -0.15) is 0 Å². The molecule has 0 unspecified atom stereocenters. The molecule has 0 fully saturated rings. The third kappa shape index (κ3) is 3.86. The second-order valence-corrected chi connectivity index (χ2v) is 5.08. The van der Waals surface area contributed by atoms with Crippen LogP contribution < -0.4 is 10.1 Å². The summed E-state index contributed by atoms with van der Waals surface area (Å²) in [6.07, 6.45) is 0.0176. The second-order valence-electron chi connectivity index (χ2n) is 4.30. The maximum atomic E-state index is 13.5. The molecule has 6 heteroatoms. The first-order valence-corrected chi connectivity index (χ1v) is 6.83. The van der Waals surface area contributed by atoms with Gasteiger partial charge in [0, 0.05) is 0 Å². The molecule has 0 saturated heterocycles. The third-order valence-corrected chi connectivity index (χ3v) is 3.63. The summed E-state index contributed by atoms with van der Waals surface area (Å²) in [5.74, 6) is -0.690. The fourth-order valence-corrected chi connectivity index (χ4v) is 2.15. The standard InChI is InChI=1S/C15H12Cl2FNO2/c1-21-13-6-5-9(7-11(13)18)8-14(20)19-12-4-2-3-10(16)15(12)17/h2-7H,8H2,1H3,(H,19,20). The van der Waals surface area contributed by atoms with Crippen molar-refractivity contribution in [1.29, 1.82) is 0 Å². The summed E-state index contributed by atoms with van der Waals surface area (Å²) in [4.78, 5) is 11.9. The molecule has 110 valence electrons. The summed E-state index contributed by atoms with van der Waals surface area (Å²) < 4.78 is 18.4. The van der Waals surface area contributed by atoms with Gasteiger partial charge in [-0.15, -0.1) is 0 Å². The number of anilines is 1. The molecule has 1 N–H and O–H groups in total. The number of benzene rings is 2. The Morgan fingerprint density at radius 2 is 2.05 bits per heavy atom. The van der Waals surface area contributed by atoms with Crippen LogP contribution in [0.1, 0.15) is 5.56 Å². The third-order valence-electron chi connectivity index (χ3n) is 2.81. The number of ether oxygens (including phenoxy) is 1. The monoisotopic (exact) mass is 327 g/mol. The van der Waals surface area contributed by atoms with Gasteiger partial charge in [-0.3, -0.25) is 4.79 Å². The van der Waals surface area contributed by atoms with E-state index in [0.29, 0.717) is 16.3 Å². The van der Waals surface area contributed by atoms with Gasteiger partial charge in [0.1, 0.15) is 0 Å². The first-order valence-electron chi connectivity index (χ1n) is 6.07. The van der Waals surface area contributed by atoms with Gasteiger partial charge in [0.05, 0.1) is 29.3 Å². The summed E-state index contributed by atoms with van der Waals surface area (Å²) in [5, 5.41) is 3.26. The number of carbonyl (C=O) groups is 1. The van der Waals surface area contributed by atoms with Crippen LogP contribution >= 0.6 is 23.2 Å². The smallest absolute Gasteiger partial charge is 0.228 e. The van der Waals surface area contributed by atoms with Crippen LogP contribution in [-0.2, 0) is 11.2 Å². The molecule has 0 aliphatic rings. The molecule has 2 rings (SSSR count). The second kappa shape index (κ2) is 6.78. The van der Waals surface area contributed by atoms with Crippen molar-refractivity contribution in [3.63, 3.8) is 0 Å². The Labute approximate surface area is 131 Å². The highest BCUT2D eigenvalue weighted by molar-refractivity contribution is 6.43. The van der Waals surface area contributed by atoms with E-state index in [0.717, 1.165) is 0 Å². The fraction of sp³-hybridized carbons (Fsp3) is 0.133. The first kappa shape index (κ1) is 15.6. The van der Waals surface area contributed by atoms with Crippen LogP contribution in [0, 0.1) is 5.82 Å². The highest BCUT2D eigenvalue weighted by Crippen LogP contribution is 2.29. The van der Waals surface area contributed by atoms with Crippen LogP contribution in [-0.4, -0.2) is 13.0 Å². The van der Waals surface area contributed by atoms with Gasteiger partial charge < -0.3 is 10.1 Å². The van der Waals surface area contributed by atoms with Gasteiger partial charge in [0.15, 0.2) is 11.6 Å². The molecule has 0 saturated carbocycles. The van der Waals surface area contributed by atoms with Crippen LogP contribution in [0.4, 0.5) is 10.1 Å². The molecule has 1 amide bonds. The minimum Gasteiger partial charge on any atom is -0.494 e. The molecular weight excluding hydrogens is 316 g/mol. The van der Waals surface area contributed by atoms with Crippen molar-refractivity contribution in [3.05, 3.63) is 57.8 Å². The van der Waals surface area contributed by atoms with E-state index in [-0.39, 0.29) is 23.1 Å². The highest BCUT2D eigenvalue weighted by Gasteiger charge is 2.10. The zero-order valence-electron chi connectivity index (χ0n) is 11.1. The number of hydrogen-bond acceptors (Lipinski definition) is 2. The summed E-state index contributed by atoms with van der Waals surface area (Å²) >= 11 is 11.8. The van der Waals surface area contributed by atoms with E-state index in [1.165, 1.54) is 19.2 Å². The van der Waals surface area contributed by atoms with E-state index in [2.05, 4.69) is 5.32 Å². The minimum atomic E-state index is -0.511. The van der Waals surface area contributed by atoms with Crippen molar-refractivity contribution < 1.29 is 13.9 Å². The van der Waals surface area contributed by atoms with Crippen molar-refractivity contribution in [2.24, 2.45) is 0 Å². The molecular formula is C15H12Cl2FNO2. The molecule has 21 heavy (non-hydrogen) atoms. The Balaban J connectivity index is 2.08. The van der Waals surface area contributed by atoms with E-state index in [9.17, 15) is 9.18 Å². The van der Waals surface area contributed by atoms with Crippen LogP contribution in [0.5, 0.6) is 5.75 Å².